The van der Waals surface area contributed by atoms with Gasteiger partial charge in [0.1, 0.15) is 5.82 Å². The Morgan fingerprint density at radius 3 is 2.73 bits per heavy atom. The smallest absolute Gasteiger partial charge is 0.228 e. The van der Waals surface area contributed by atoms with E-state index in [0.717, 1.165) is 37.0 Å². The number of hydrogen-bond donors (Lipinski definition) is 1. The Bertz CT molecular complexity index is 1310. The zero-order chi connectivity index (χ0) is 22.9. The van der Waals surface area contributed by atoms with Crippen LogP contribution in [0.25, 0.3) is 21.8 Å². The van der Waals surface area contributed by atoms with E-state index in [9.17, 15) is 9.18 Å². The molecule has 1 N–H and O–H groups in total. The molecule has 0 aliphatic carbocycles. The highest BCUT2D eigenvalue weighted by Crippen LogP contribution is 2.31. The van der Waals surface area contributed by atoms with E-state index in [0.29, 0.717) is 23.7 Å². The van der Waals surface area contributed by atoms with E-state index in [1.54, 1.807) is 12.1 Å². The first-order chi connectivity index (χ1) is 16.0. The summed E-state index contributed by atoms with van der Waals surface area (Å²) in [6, 6.07) is 19.3. The van der Waals surface area contributed by atoms with Crippen LogP contribution in [0.5, 0.6) is 0 Å². The molecule has 1 aliphatic heterocycles. The number of piperidine rings is 1. The number of carbonyl (C=O) groups excluding carboxylic acids is 1. The third kappa shape index (κ3) is 4.23. The van der Waals surface area contributed by atoms with Crippen LogP contribution in [-0.2, 0) is 17.9 Å². The number of nitrogens with zero attached hydrogens (tertiary/aromatic N) is 2. The maximum atomic E-state index is 14.2. The quantitative estimate of drug-likeness (QED) is 0.369. The predicted octanol–water partition coefficient (Wildman–Crippen LogP) is 6.46. The molecule has 4 aromatic rings. The van der Waals surface area contributed by atoms with Gasteiger partial charge in [0.15, 0.2) is 0 Å². The minimum atomic E-state index is -0.298. The molecule has 3 aromatic carbocycles. The Kier molecular flexibility index (Phi) is 6.09. The second kappa shape index (κ2) is 9.16. The Labute approximate surface area is 197 Å². The van der Waals surface area contributed by atoms with Crippen LogP contribution in [0.4, 0.5) is 10.1 Å². The molecule has 0 radical (unpaired) electrons. The lowest BCUT2D eigenvalue weighted by atomic mass is 9.96. The van der Waals surface area contributed by atoms with Gasteiger partial charge in [0.05, 0.1) is 5.92 Å². The highest BCUT2D eigenvalue weighted by atomic mass is 35.5. The first-order valence-electron chi connectivity index (χ1n) is 11.5. The van der Waals surface area contributed by atoms with E-state index in [-0.39, 0.29) is 17.6 Å². The van der Waals surface area contributed by atoms with Gasteiger partial charge in [-0.2, -0.15) is 0 Å². The highest BCUT2D eigenvalue weighted by molar-refractivity contribution is 6.31. The zero-order valence-electron chi connectivity index (χ0n) is 18.7. The Morgan fingerprint density at radius 1 is 1.09 bits per heavy atom. The summed E-state index contributed by atoms with van der Waals surface area (Å²) < 4.78 is 16.5. The molecule has 0 spiro atoms. The first kappa shape index (κ1) is 21.9. The maximum absolute atomic E-state index is 14.2. The topological polar surface area (TPSA) is 37.3 Å². The second-order valence-corrected chi connectivity index (χ2v) is 9.16. The van der Waals surface area contributed by atoms with Crippen LogP contribution in [0.1, 0.15) is 25.3 Å². The molecular weight excluding hydrogens is 437 g/mol. The Morgan fingerprint density at radius 2 is 1.91 bits per heavy atom. The van der Waals surface area contributed by atoms with Crippen molar-refractivity contribution < 1.29 is 9.18 Å². The van der Waals surface area contributed by atoms with Gasteiger partial charge in [-0.3, -0.25) is 9.69 Å². The number of nitrogens with one attached hydrogen (secondary N) is 1. The van der Waals surface area contributed by atoms with Gasteiger partial charge in [0.25, 0.3) is 0 Å². The van der Waals surface area contributed by atoms with Gasteiger partial charge in [-0.25, -0.2) is 4.39 Å². The molecule has 6 heteroatoms. The molecule has 0 bridgehead atoms. The summed E-state index contributed by atoms with van der Waals surface area (Å²) in [5.74, 6) is -0.427. The van der Waals surface area contributed by atoms with E-state index in [1.807, 2.05) is 12.1 Å². The number of benzene rings is 3. The number of hydrogen-bond acceptors (Lipinski definition) is 2. The number of carbonyl (C=O) groups is 1. The van der Waals surface area contributed by atoms with E-state index in [1.165, 1.54) is 22.5 Å². The molecule has 1 aliphatic rings. The number of fused-ring (bicyclic) bond motifs is 3. The van der Waals surface area contributed by atoms with Crippen molar-refractivity contribution >= 4 is 45.0 Å². The van der Waals surface area contributed by atoms with Gasteiger partial charge < -0.3 is 9.88 Å². The summed E-state index contributed by atoms with van der Waals surface area (Å²) in [5, 5.41) is 5.89. The average molecular weight is 464 g/mol. The van der Waals surface area contributed by atoms with Crippen molar-refractivity contribution in [1.82, 2.24) is 9.47 Å². The molecule has 2 heterocycles. The van der Waals surface area contributed by atoms with Gasteiger partial charge in [0.2, 0.25) is 5.91 Å². The van der Waals surface area contributed by atoms with E-state index >= 15 is 0 Å². The summed E-state index contributed by atoms with van der Waals surface area (Å²) in [5.41, 5.74) is 3.68. The fraction of sp³-hybridized carbons (Fsp3) is 0.296. The molecule has 170 valence electrons. The summed E-state index contributed by atoms with van der Waals surface area (Å²) in [6.45, 7) is 4.87. The predicted molar refractivity (Wildman–Crippen MR) is 133 cm³/mol. The fourth-order valence-electron chi connectivity index (χ4n) is 5.04. The summed E-state index contributed by atoms with van der Waals surface area (Å²) in [6.07, 6.45) is 1.72. The second-order valence-electron chi connectivity index (χ2n) is 8.76. The van der Waals surface area contributed by atoms with Crippen molar-refractivity contribution in [3.8, 4) is 0 Å². The summed E-state index contributed by atoms with van der Waals surface area (Å²) in [4.78, 5) is 15.2. The Balaban J connectivity index is 1.33. The molecule has 1 fully saturated rings. The number of para-hydroxylation sites is 1. The minimum Gasteiger partial charge on any atom is -0.341 e. The molecule has 5 rings (SSSR count). The first-order valence-corrected chi connectivity index (χ1v) is 11.9. The van der Waals surface area contributed by atoms with Gasteiger partial charge in [-0.1, -0.05) is 35.9 Å². The van der Waals surface area contributed by atoms with Crippen LogP contribution >= 0.6 is 11.6 Å². The van der Waals surface area contributed by atoms with Crippen molar-refractivity contribution in [2.45, 2.75) is 32.9 Å². The number of likely N-dealkylation sites (tertiary alicyclic amines) is 1. The Hall–Kier alpha value is -2.89. The monoisotopic (exact) mass is 463 g/mol. The van der Waals surface area contributed by atoms with Crippen LogP contribution in [-0.4, -0.2) is 28.5 Å². The molecule has 1 amide bonds. The lowest BCUT2D eigenvalue weighted by molar-refractivity contribution is -0.121. The summed E-state index contributed by atoms with van der Waals surface area (Å²) >= 11 is 6.21. The molecule has 1 saturated heterocycles. The van der Waals surface area contributed by atoms with E-state index < -0.39 is 0 Å². The minimum absolute atomic E-state index is 0.0120. The number of anilines is 1. The van der Waals surface area contributed by atoms with Gasteiger partial charge in [0, 0.05) is 57.7 Å². The van der Waals surface area contributed by atoms with Crippen LogP contribution < -0.4 is 5.32 Å². The summed E-state index contributed by atoms with van der Waals surface area (Å²) in [7, 11) is 0. The van der Waals surface area contributed by atoms with Crippen LogP contribution in [0.3, 0.4) is 0 Å². The zero-order valence-corrected chi connectivity index (χ0v) is 19.4. The molecule has 1 atom stereocenters. The number of aryl methyl sites for hydroxylation is 1. The van der Waals surface area contributed by atoms with E-state index in [2.05, 4.69) is 52.0 Å². The van der Waals surface area contributed by atoms with Crippen LogP contribution in [0, 0.1) is 11.7 Å². The number of rotatable bonds is 5. The van der Waals surface area contributed by atoms with Crippen LogP contribution in [0.2, 0.25) is 5.02 Å². The van der Waals surface area contributed by atoms with Crippen molar-refractivity contribution in [2.24, 2.45) is 5.92 Å². The van der Waals surface area contributed by atoms with Gasteiger partial charge in [-0.15, -0.1) is 0 Å². The molecule has 33 heavy (non-hydrogen) atoms. The third-order valence-electron chi connectivity index (χ3n) is 6.68. The maximum Gasteiger partial charge on any atom is 0.228 e. The van der Waals surface area contributed by atoms with E-state index in [4.69, 9.17) is 11.6 Å². The van der Waals surface area contributed by atoms with Crippen molar-refractivity contribution in [1.29, 1.82) is 0 Å². The molecule has 1 aromatic heterocycles. The largest absolute Gasteiger partial charge is 0.341 e. The van der Waals surface area contributed by atoms with Gasteiger partial charge >= 0.3 is 0 Å². The van der Waals surface area contributed by atoms with Crippen LogP contribution in [0.15, 0.2) is 60.7 Å². The number of amides is 1. The lowest BCUT2D eigenvalue weighted by Crippen LogP contribution is -2.40. The van der Waals surface area contributed by atoms with Crippen molar-refractivity contribution in [2.75, 3.05) is 18.4 Å². The van der Waals surface area contributed by atoms with Crippen molar-refractivity contribution in [3.63, 3.8) is 0 Å². The number of halogens is 2. The average Bonchev–Trinajstić information content (AvgIpc) is 3.15. The normalized spacial score (nSPS) is 17.0. The molecule has 1 unspecified atom stereocenters. The fourth-order valence-corrected chi connectivity index (χ4v) is 5.26. The number of aromatic nitrogens is 1. The SMILES string of the molecule is CCn1c2ccccc2c2cc(NC(=O)C3CCCN(Cc4c(F)cccc4Cl)C3)ccc21. The standard InChI is InChI=1S/C27H27ClFN3O/c1-2-32-25-11-4-3-8-20(25)21-15-19(12-13-26(21)32)30-27(33)18-7-6-14-31(16-18)17-22-23(28)9-5-10-24(22)29/h3-5,8-13,15,18H,2,6-7,14,16-17H2,1H3,(H,30,33). The molecular formula is C27H27ClFN3O. The highest BCUT2D eigenvalue weighted by Gasteiger charge is 2.27. The molecule has 0 saturated carbocycles. The lowest BCUT2D eigenvalue weighted by Gasteiger charge is -2.32. The van der Waals surface area contributed by atoms with Gasteiger partial charge in [-0.05, 0) is 62.7 Å². The third-order valence-corrected chi connectivity index (χ3v) is 7.03. The molecule has 4 nitrogen and oxygen atoms in total. The van der Waals surface area contributed by atoms with Crippen molar-refractivity contribution in [3.05, 3.63) is 77.1 Å².